The van der Waals surface area contributed by atoms with Crippen molar-refractivity contribution in [3.63, 3.8) is 0 Å². The Hall–Kier alpha value is -2.65. The fraction of sp³-hybridized carbons (Fsp3) is 0.714. The number of aliphatic hydroxyl groups excluding tert-OH is 3. The highest BCUT2D eigenvalue weighted by atomic mass is 32.2. The highest BCUT2D eigenvalue weighted by molar-refractivity contribution is 7.85. The summed E-state index contributed by atoms with van der Waals surface area (Å²) in [6, 6.07) is 0. The smallest absolute Gasteiger partial charge is 0.306 e. The van der Waals surface area contributed by atoms with E-state index in [1.54, 1.807) is 0 Å². The van der Waals surface area contributed by atoms with Crippen LogP contribution in [0.3, 0.4) is 0 Å². The first-order chi connectivity index (χ1) is 26.5. The van der Waals surface area contributed by atoms with Gasteiger partial charge >= 0.3 is 11.9 Å². The molecule has 0 spiro atoms. The van der Waals surface area contributed by atoms with Crippen LogP contribution in [0.15, 0.2) is 60.8 Å². The molecule has 0 aromatic rings. The average Bonchev–Trinajstić information content (AvgIpc) is 3.14. The first-order valence-electron chi connectivity index (χ1n) is 20.4. The van der Waals surface area contributed by atoms with Gasteiger partial charge in [-0.25, -0.2) is 0 Å². The Morgan fingerprint density at radius 2 is 1.15 bits per heavy atom. The number of carbonyl (C=O) groups is 2. The SMILES string of the molecule is CC/C=C/C=C/C=C/C=C/C=C/CCCC(=O)OC(COC(=O)CCCCCCCCCCCCCCCC)CO[C@H]1O[C@H](CS(=O)(=O)O)[C@@H](O)C(O)C1O. The zero-order chi connectivity index (χ0) is 40.6. The lowest BCUT2D eigenvalue weighted by molar-refractivity contribution is -0.297. The highest BCUT2D eigenvalue weighted by Gasteiger charge is 2.46. The molecule has 1 heterocycles. The molecule has 1 rings (SSSR count). The Kier molecular flexibility index (Phi) is 29.7. The van der Waals surface area contributed by atoms with E-state index in [0.29, 0.717) is 19.3 Å². The first-order valence-corrected chi connectivity index (χ1v) is 22.0. The van der Waals surface area contributed by atoms with Gasteiger partial charge in [0.05, 0.1) is 6.61 Å². The molecule has 55 heavy (non-hydrogen) atoms. The van der Waals surface area contributed by atoms with Crippen LogP contribution in [-0.4, -0.2) is 96.0 Å². The third kappa shape index (κ3) is 27.6. The van der Waals surface area contributed by atoms with E-state index in [0.717, 1.165) is 25.7 Å². The van der Waals surface area contributed by atoms with Crippen molar-refractivity contribution in [2.75, 3.05) is 19.0 Å². The Balaban J connectivity index is 2.55. The van der Waals surface area contributed by atoms with Crippen LogP contribution in [0.25, 0.3) is 0 Å². The predicted molar refractivity (Wildman–Crippen MR) is 215 cm³/mol. The Bertz CT molecular complexity index is 1260. The Morgan fingerprint density at radius 3 is 1.69 bits per heavy atom. The molecule has 0 saturated carbocycles. The number of aliphatic hydroxyl groups is 3. The van der Waals surface area contributed by atoms with E-state index in [9.17, 15) is 37.9 Å². The van der Waals surface area contributed by atoms with Crippen LogP contribution in [0, 0.1) is 0 Å². The molecule has 13 heteroatoms. The monoisotopic (exact) mass is 798 g/mol. The molecular weight excluding hydrogens is 729 g/mol. The minimum absolute atomic E-state index is 0.0669. The van der Waals surface area contributed by atoms with Gasteiger partial charge in [-0.2, -0.15) is 8.42 Å². The maximum Gasteiger partial charge on any atom is 0.306 e. The van der Waals surface area contributed by atoms with Crippen LogP contribution in [0.5, 0.6) is 0 Å². The largest absolute Gasteiger partial charge is 0.462 e. The second-order valence-electron chi connectivity index (χ2n) is 14.0. The molecule has 3 unspecified atom stereocenters. The van der Waals surface area contributed by atoms with Crippen LogP contribution in [0.2, 0.25) is 0 Å². The standard InChI is InChI=1S/C42H70O12S/c1-3-5-7-9-11-13-15-17-19-20-22-24-26-28-30-37(43)51-32-35(33-52-42-41(47)40(46)39(45)36(54-42)34-55(48,49)50)53-38(44)31-29-27-25-23-21-18-16-14-12-10-8-6-4-2/h6,8,10,12,14,16,18,21,23,25,35-36,39-42,45-47H,3-5,7,9,11,13,15,17,19-20,22,24,26-34H2,1-2H3,(H,48,49,50)/b8-6+,12-10+,16-14+,21-18+,25-23+/t35?,36-,39-,40?,41?,42+/m1/s1. The summed E-state index contributed by atoms with van der Waals surface area (Å²) in [4.78, 5) is 25.3. The van der Waals surface area contributed by atoms with Gasteiger partial charge in [0.15, 0.2) is 12.4 Å². The highest BCUT2D eigenvalue weighted by Crippen LogP contribution is 2.24. The Labute approximate surface area is 330 Å². The van der Waals surface area contributed by atoms with Gasteiger partial charge in [-0.1, -0.05) is 158 Å². The molecule has 316 valence electrons. The predicted octanol–water partition coefficient (Wildman–Crippen LogP) is 7.39. The lowest BCUT2D eigenvalue weighted by Gasteiger charge is -2.40. The zero-order valence-corrected chi connectivity index (χ0v) is 34.1. The first kappa shape index (κ1) is 50.4. The number of allylic oxidation sites excluding steroid dienone is 10. The van der Waals surface area contributed by atoms with E-state index in [1.165, 1.54) is 64.2 Å². The molecule has 0 aliphatic carbocycles. The van der Waals surface area contributed by atoms with Crippen molar-refractivity contribution in [3.8, 4) is 0 Å². The van der Waals surface area contributed by atoms with E-state index in [-0.39, 0.29) is 19.4 Å². The molecule has 6 atom stereocenters. The molecule has 1 aliphatic rings. The summed E-state index contributed by atoms with van der Waals surface area (Å²) < 4.78 is 53.8. The van der Waals surface area contributed by atoms with E-state index < -0.39 is 71.2 Å². The molecule has 0 radical (unpaired) electrons. The summed E-state index contributed by atoms with van der Waals surface area (Å²) in [5, 5.41) is 30.8. The molecule has 12 nitrogen and oxygen atoms in total. The van der Waals surface area contributed by atoms with Gasteiger partial charge in [-0.15, -0.1) is 0 Å². The molecule has 4 N–H and O–H groups in total. The molecule has 0 aromatic heterocycles. The lowest BCUT2D eigenvalue weighted by atomic mass is 10.00. The van der Waals surface area contributed by atoms with Crippen molar-refractivity contribution in [1.29, 1.82) is 0 Å². The van der Waals surface area contributed by atoms with Crippen molar-refractivity contribution in [2.45, 2.75) is 173 Å². The zero-order valence-electron chi connectivity index (χ0n) is 33.3. The quantitative estimate of drug-likeness (QED) is 0.0229. The van der Waals surface area contributed by atoms with Crippen LogP contribution in [0.4, 0.5) is 0 Å². The minimum Gasteiger partial charge on any atom is -0.462 e. The van der Waals surface area contributed by atoms with Gasteiger partial charge in [-0.3, -0.25) is 14.1 Å². The van der Waals surface area contributed by atoms with Crippen LogP contribution in [0.1, 0.15) is 136 Å². The summed E-state index contributed by atoms with van der Waals surface area (Å²) in [5.74, 6) is -2.09. The number of carbonyl (C=O) groups excluding carboxylic acids is 2. The number of hydrogen-bond acceptors (Lipinski definition) is 11. The third-order valence-electron chi connectivity index (χ3n) is 8.99. The van der Waals surface area contributed by atoms with E-state index >= 15 is 0 Å². The van der Waals surface area contributed by atoms with Crippen LogP contribution in [-0.2, 0) is 38.7 Å². The minimum atomic E-state index is -4.61. The van der Waals surface area contributed by atoms with Crippen LogP contribution >= 0.6 is 0 Å². The fourth-order valence-corrected chi connectivity index (χ4v) is 6.51. The van der Waals surface area contributed by atoms with Crippen molar-refractivity contribution in [1.82, 2.24) is 0 Å². The maximum absolute atomic E-state index is 12.7. The molecule has 0 aromatic carbocycles. The number of unbranched alkanes of at least 4 members (excludes halogenated alkanes) is 14. The normalized spacial score (nSPS) is 21.5. The molecule has 1 saturated heterocycles. The number of esters is 2. The van der Waals surface area contributed by atoms with Crippen LogP contribution < -0.4 is 0 Å². The van der Waals surface area contributed by atoms with Gasteiger partial charge in [-0.05, 0) is 25.7 Å². The summed E-state index contributed by atoms with van der Waals surface area (Å²) in [5.41, 5.74) is 0. The average molecular weight is 799 g/mol. The van der Waals surface area contributed by atoms with Gasteiger partial charge < -0.3 is 34.3 Å². The lowest BCUT2D eigenvalue weighted by Crippen LogP contribution is -2.60. The van der Waals surface area contributed by atoms with Gasteiger partial charge in [0.1, 0.15) is 36.8 Å². The summed E-state index contributed by atoms with van der Waals surface area (Å²) in [6.45, 7) is 3.53. The molecule has 1 fully saturated rings. The number of hydrogen-bond donors (Lipinski definition) is 4. The van der Waals surface area contributed by atoms with Gasteiger partial charge in [0.25, 0.3) is 10.1 Å². The second-order valence-corrected chi connectivity index (χ2v) is 15.5. The van der Waals surface area contributed by atoms with Crippen molar-refractivity contribution in [2.24, 2.45) is 0 Å². The summed E-state index contributed by atoms with van der Waals surface area (Å²) in [6.07, 6.45) is 28.6. The van der Waals surface area contributed by atoms with Crippen molar-refractivity contribution in [3.05, 3.63) is 60.8 Å². The molecular formula is C42H70O12S. The fourth-order valence-electron chi connectivity index (χ4n) is 5.82. The van der Waals surface area contributed by atoms with E-state index in [1.807, 2.05) is 54.7 Å². The van der Waals surface area contributed by atoms with E-state index in [4.69, 9.17) is 18.9 Å². The Morgan fingerprint density at radius 1 is 0.636 bits per heavy atom. The second kappa shape index (κ2) is 32.4. The summed E-state index contributed by atoms with van der Waals surface area (Å²) in [7, 11) is -4.61. The number of rotatable bonds is 32. The van der Waals surface area contributed by atoms with Crippen molar-refractivity contribution >= 4 is 22.1 Å². The molecule has 1 aliphatic heterocycles. The van der Waals surface area contributed by atoms with Gasteiger partial charge in [0, 0.05) is 12.8 Å². The van der Waals surface area contributed by atoms with Gasteiger partial charge in [0.2, 0.25) is 0 Å². The topological polar surface area (TPSA) is 186 Å². The molecule has 0 amide bonds. The van der Waals surface area contributed by atoms with Crippen molar-refractivity contribution < 1.29 is 56.8 Å². The third-order valence-corrected chi connectivity index (χ3v) is 9.74. The maximum atomic E-state index is 12.7. The molecule has 0 bridgehead atoms. The van der Waals surface area contributed by atoms with E-state index in [2.05, 4.69) is 19.9 Å². The number of ether oxygens (including phenoxy) is 4. The summed E-state index contributed by atoms with van der Waals surface area (Å²) >= 11 is 0.